The van der Waals surface area contributed by atoms with Gasteiger partial charge in [-0.3, -0.25) is 4.98 Å². The second kappa shape index (κ2) is 3.91. The summed E-state index contributed by atoms with van der Waals surface area (Å²) in [5.41, 5.74) is 8.48. The lowest BCUT2D eigenvalue weighted by Gasteiger charge is -2.36. The number of aryl methyl sites for hydroxylation is 1. The molecule has 0 spiro atoms. The molecule has 3 N–H and O–H groups in total. The number of aliphatic hydroxyl groups is 1. The van der Waals surface area contributed by atoms with E-state index in [0.29, 0.717) is 0 Å². The van der Waals surface area contributed by atoms with Crippen molar-refractivity contribution in [1.82, 2.24) is 4.98 Å². The van der Waals surface area contributed by atoms with Crippen LogP contribution in [0.5, 0.6) is 0 Å². The van der Waals surface area contributed by atoms with Gasteiger partial charge in [-0.05, 0) is 49.8 Å². The predicted octanol–water partition coefficient (Wildman–Crippen LogP) is 1.48. The smallest absolute Gasteiger partial charge is 0.0541 e. The molecule has 0 unspecified atom stereocenters. The highest BCUT2D eigenvalue weighted by Gasteiger charge is 2.33. The van der Waals surface area contributed by atoms with Gasteiger partial charge in [0, 0.05) is 17.9 Å². The minimum atomic E-state index is -0.258. The molecular weight excluding hydrogens is 188 g/mol. The maximum absolute atomic E-state index is 9.49. The molecule has 0 atom stereocenters. The van der Waals surface area contributed by atoms with E-state index in [2.05, 4.69) is 4.98 Å². The molecule has 0 radical (unpaired) electrons. The first-order valence-corrected chi connectivity index (χ1v) is 5.50. The van der Waals surface area contributed by atoms with Crippen molar-refractivity contribution >= 4 is 0 Å². The van der Waals surface area contributed by atoms with E-state index in [-0.39, 0.29) is 11.6 Å². The molecule has 1 aromatic heterocycles. The lowest BCUT2D eigenvalue weighted by Crippen LogP contribution is -2.42. The molecule has 1 aromatic rings. The van der Waals surface area contributed by atoms with E-state index in [4.69, 9.17) is 5.73 Å². The molecular formula is C12H18N2O. The molecule has 1 aliphatic rings. The monoisotopic (exact) mass is 206 g/mol. The average Bonchev–Trinajstić information content (AvgIpc) is 2.23. The van der Waals surface area contributed by atoms with Crippen molar-refractivity contribution in [3.8, 4) is 0 Å². The minimum absolute atomic E-state index is 0.163. The van der Waals surface area contributed by atoms with E-state index in [1.807, 2.05) is 19.2 Å². The quantitative estimate of drug-likeness (QED) is 0.731. The summed E-state index contributed by atoms with van der Waals surface area (Å²) >= 11 is 0. The Hall–Kier alpha value is -0.930. The van der Waals surface area contributed by atoms with Gasteiger partial charge < -0.3 is 10.8 Å². The number of nitrogens with zero attached hydrogens (tertiary/aromatic N) is 1. The number of pyridine rings is 1. The first-order chi connectivity index (χ1) is 7.12. The SMILES string of the molecule is Cc1cnccc1C1(N)CCC(O)CC1. The Balaban J connectivity index is 2.26. The van der Waals surface area contributed by atoms with Gasteiger partial charge >= 0.3 is 0 Å². The molecule has 0 aliphatic heterocycles. The highest BCUT2D eigenvalue weighted by Crippen LogP contribution is 2.35. The number of nitrogens with two attached hydrogens (primary N) is 1. The molecule has 0 saturated heterocycles. The van der Waals surface area contributed by atoms with Crippen LogP contribution in [0.15, 0.2) is 18.5 Å². The van der Waals surface area contributed by atoms with E-state index in [0.717, 1.165) is 31.2 Å². The van der Waals surface area contributed by atoms with Crippen molar-refractivity contribution in [2.24, 2.45) is 5.73 Å². The molecule has 0 aromatic carbocycles. The molecule has 3 heteroatoms. The predicted molar refractivity (Wildman–Crippen MR) is 59.3 cm³/mol. The summed E-state index contributed by atoms with van der Waals surface area (Å²) in [7, 11) is 0. The summed E-state index contributed by atoms with van der Waals surface area (Å²) in [6.07, 6.45) is 6.81. The number of rotatable bonds is 1. The van der Waals surface area contributed by atoms with Crippen molar-refractivity contribution in [3.05, 3.63) is 29.6 Å². The van der Waals surface area contributed by atoms with Gasteiger partial charge in [0.2, 0.25) is 0 Å². The molecule has 3 nitrogen and oxygen atoms in total. The molecule has 0 bridgehead atoms. The normalized spacial score (nSPS) is 31.5. The van der Waals surface area contributed by atoms with Gasteiger partial charge in [-0.2, -0.15) is 0 Å². The number of hydrogen-bond donors (Lipinski definition) is 2. The van der Waals surface area contributed by atoms with Crippen LogP contribution in [0.2, 0.25) is 0 Å². The van der Waals surface area contributed by atoms with Gasteiger partial charge in [-0.1, -0.05) is 0 Å². The molecule has 0 amide bonds. The van der Waals surface area contributed by atoms with E-state index in [1.54, 1.807) is 6.20 Å². The van der Waals surface area contributed by atoms with Gasteiger partial charge in [0.05, 0.1) is 6.10 Å². The lowest BCUT2D eigenvalue weighted by atomic mass is 9.75. The second-order valence-electron chi connectivity index (χ2n) is 4.58. The lowest BCUT2D eigenvalue weighted by molar-refractivity contribution is 0.0967. The Bertz CT molecular complexity index is 343. The Morgan fingerprint density at radius 2 is 2.13 bits per heavy atom. The fraction of sp³-hybridized carbons (Fsp3) is 0.583. The number of aliphatic hydroxyl groups excluding tert-OH is 1. The fourth-order valence-corrected chi connectivity index (χ4v) is 2.42. The summed E-state index contributed by atoms with van der Waals surface area (Å²) in [6, 6.07) is 2.01. The van der Waals surface area contributed by atoms with Gasteiger partial charge in [0.15, 0.2) is 0 Å². The maximum atomic E-state index is 9.49. The zero-order chi connectivity index (χ0) is 10.9. The van der Waals surface area contributed by atoms with Crippen molar-refractivity contribution in [1.29, 1.82) is 0 Å². The van der Waals surface area contributed by atoms with Crippen molar-refractivity contribution in [2.45, 2.75) is 44.2 Å². The van der Waals surface area contributed by atoms with Crippen LogP contribution in [-0.2, 0) is 5.54 Å². The van der Waals surface area contributed by atoms with Gasteiger partial charge in [0.1, 0.15) is 0 Å². The third kappa shape index (κ3) is 2.03. The van der Waals surface area contributed by atoms with Gasteiger partial charge in [-0.15, -0.1) is 0 Å². The van der Waals surface area contributed by atoms with Crippen molar-refractivity contribution < 1.29 is 5.11 Å². The molecule has 1 aliphatic carbocycles. The molecule has 1 saturated carbocycles. The molecule has 1 fully saturated rings. The van der Waals surface area contributed by atoms with Crippen LogP contribution in [-0.4, -0.2) is 16.2 Å². The van der Waals surface area contributed by atoms with Crippen LogP contribution in [0.1, 0.15) is 36.8 Å². The van der Waals surface area contributed by atoms with Crippen LogP contribution < -0.4 is 5.73 Å². The van der Waals surface area contributed by atoms with Crippen LogP contribution in [0.25, 0.3) is 0 Å². The number of aromatic nitrogens is 1. The van der Waals surface area contributed by atoms with Crippen molar-refractivity contribution in [3.63, 3.8) is 0 Å². The van der Waals surface area contributed by atoms with E-state index < -0.39 is 0 Å². The highest BCUT2D eigenvalue weighted by atomic mass is 16.3. The van der Waals surface area contributed by atoms with E-state index in [9.17, 15) is 5.11 Å². The van der Waals surface area contributed by atoms with Crippen LogP contribution in [0.4, 0.5) is 0 Å². The topological polar surface area (TPSA) is 59.1 Å². The summed E-state index contributed by atoms with van der Waals surface area (Å²) in [5, 5.41) is 9.49. The zero-order valence-corrected chi connectivity index (χ0v) is 9.11. The third-order valence-corrected chi connectivity index (χ3v) is 3.40. The van der Waals surface area contributed by atoms with Crippen LogP contribution in [0.3, 0.4) is 0 Å². The van der Waals surface area contributed by atoms with Crippen LogP contribution >= 0.6 is 0 Å². The Morgan fingerprint density at radius 1 is 1.47 bits per heavy atom. The summed E-state index contributed by atoms with van der Waals surface area (Å²) in [5.74, 6) is 0. The third-order valence-electron chi connectivity index (χ3n) is 3.40. The van der Waals surface area contributed by atoms with E-state index >= 15 is 0 Å². The minimum Gasteiger partial charge on any atom is -0.393 e. The highest BCUT2D eigenvalue weighted by molar-refractivity contribution is 5.30. The van der Waals surface area contributed by atoms with Crippen molar-refractivity contribution in [2.75, 3.05) is 0 Å². The molecule has 15 heavy (non-hydrogen) atoms. The molecule has 2 rings (SSSR count). The average molecular weight is 206 g/mol. The van der Waals surface area contributed by atoms with Crippen LogP contribution in [0, 0.1) is 6.92 Å². The Labute approximate surface area is 90.3 Å². The maximum Gasteiger partial charge on any atom is 0.0541 e. The molecule has 1 heterocycles. The molecule has 82 valence electrons. The second-order valence-corrected chi connectivity index (χ2v) is 4.58. The first kappa shape index (κ1) is 10.6. The standard InChI is InChI=1S/C12H18N2O/c1-9-8-14-7-4-11(9)12(13)5-2-10(15)3-6-12/h4,7-8,10,15H,2-3,5-6,13H2,1H3. The zero-order valence-electron chi connectivity index (χ0n) is 9.11. The first-order valence-electron chi connectivity index (χ1n) is 5.50. The Morgan fingerprint density at radius 3 is 2.73 bits per heavy atom. The number of hydrogen-bond acceptors (Lipinski definition) is 3. The summed E-state index contributed by atoms with van der Waals surface area (Å²) in [4.78, 5) is 4.08. The van der Waals surface area contributed by atoms with E-state index in [1.165, 1.54) is 5.56 Å². The largest absolute Gasteiger partial charge is 0.393 e. The fourth-order valence-electron chi connectivity index (χ4n) is 2.42. The summed E-state index contributed by atoms with van der Waals surface area (Å²) < 4.78 is 0. The summed E-state index contributed by atoms with van der Waals surface area (Å²) in [6.45, 7) is 2.04. The van der Waals surface area contributed by atoms with Gasteiger partial charge in [-0.25, -0.2) is 0 Å². The Kier molecular flexibility index (Phi) is 2.76. The van der Waals surface area contributed by atoms with Gasteiger partial charge in [0.25, 0.3) is 0 Å².